The van der Waals surface area contributed by atoms with Gasteiger partial charge in [0.1, 0.15) is 11.1 Å². The Morgan fingerprint density at radius 3 is 2.26 bits per heavy atom. The number of alkyl halides is 6. The Morgan fingerprint density at radius 2 is 1.77 bits per heavy atom. The fraction of sp³-hybridized carbons (Fsp3) is 0.500. The highest BCUT2D eigenvalue weighted by atomic mass is 32.1. The summed E-state index contributed by atoms with van der Waals surface area (Å²) in [4.78, 5) is 41.2. The first-order valence-electron chi connectivity index (χ1n) is 11.2. The number of ether oxygens (including phenoxy) is 1. The van der Waals surface area contributed by atoms with Crippen LogP contribution < -0.4 is 5.32 Å². The smallest absolute Gasteiger partial charge is 0.475 e. The summed E-state index contributed by atoms with van der Waals surface area (Å²) in [5.74, 6) is -5.11. The number of halogens is 6. The minimum absolute atomic E-state index is 0.0653. The molecule has 3 N–H and O–H groups in total. The second-order valence-electron chi connectivity index (χ2n) is 8.40. The Balaban J connectivity index is 0.000000317. The number of nitrogens with one attached hydrogen (secondary N) is 1. The molecule has 39 heavy (non-hydrogen) atoms. The number of aryl methyl sites for hydroxylation is 1. The van der Waals surface area contributed by atoms with Gasteiger partial charge in [-0.2, -0.15) is 26.3 Å². The van der Waals surface area contributed by atoms with E-state index in [1.54, 1.807) is 23.7 Å². The normalized spacial score (nSPS) is 20.9. The van der Waals surface area contributed by atoms with Gasteiger partial charge in [-0.25, -0.2) is 14.6 Å². The highest BCUT2D eigenvalue weighted by molar-refractivity contribution is 7.09. The zero-order valence-corrected chi connectivity index (χ0v) is 21.0. The highest BCUT2D eigenvalue weighted by Crippen LogP contribution is 2.34. The molecule has 3 atom stereocenters. The van der Waals surface area contributed by atoms with Crippen molar-refractivity contribution >= 4 is 34.9 Å². The fourth-order valence-electron chi connectivity index (χ4n) is 3.63. The van der Waals surface area contributed by atoms with Crippen LogP contribution >= 0.6 is 11.3 Å². The van der Waals surface area contributed by atoms with Crippen LogP contribution in [0.4, 0.5) is 32.0 Å². The van der Waals surface area contributed by atoms with E-state index in [2.05, 4.69) is 25.6 Å². The van der Waals surface area contributed by atoms with Crippen molar-refractivity contribution in [2.45, 2.75) is 50.9 Å². The highest BCUT2D eigenvalue weighted by Gasteiger charge is 2.42. The number of nitrogens with zero attached hydrogens (tertiary/aromatic N) is 3. The number of carboxylic acids is 2. The number of hydrogen-bond donors (Lipinski definition) is 3. The van der Waals surface area contributed by atoms with Crippen molar-refractivity contribution in [3.8, 4) is 0 Å². The number of fused-ring (bicyclic) bond motifs is 1. The number of rotatable bonds is 4. The van der Waals surface area contributed by atoms with E-state index in [1.165, 1.54) is 0 Å². The van der Waals surface area contributed by atoms with Crippen molar-refractivity contribution in [3.63, 3.8) is 0 Å². The van der Waals surface area contributed by atoms with E-state index in [0.29, 0.717) is 11.6 Å². The van der Waals surface area contributed by atoms with Crippen LogP contribution in [0.2, 0.25) is 0 Å². The van der Waals surface area contributed by atoms with Crippen LogP contribution in [0, 0.1) is 12.8 Å². The van der Waals surface area contributed by atoms with Crippen LogP contribution in [-0.4, -0.2) is 80.6 Å². The van der Waals surface area contributed by atoms with E-state index in [1.807, 2.05) is 19.1 Å². The molecule has 2 aromatic heterocycles. The van der Waals surface area contributed by atoms with Crippen LogP contribution in [-0.2, 0) is 25.7 Å². The molecule has 216 valence electrons. The summed E-state index contributed by atoms with van der Waals surface area (Å²) in [5.41, 5.74) is 1.80. The average molecular weight is 587 g/mol. The molecule has 2 aliphatic rings. The third kappa shape index (κ3) is 10.8. The Hall–Kier alpha value is -3.31. The zero-order chi connectivity index (χ0) is 29.4. The Labute approximate surface area is 221 Å². The summed E-state index contributed by atoms with van der Waals surface area (Å²) in [7, 11) is 0. The van der Waals surface area contributed by atoms with Crippen LogP contribution in [0.15, 0.2) is 29.9 Å². The third-order valence-electron chi connectivity index (χ3n) is 5.37. The van der Waals surface area contributed by atoms with Gasteiger partial charge in [-0.1, -0.05) is 0 Å². The molecule has 4 heterocycles. The first-order valence-corrected chi connectivity index (χ1v) is 12.0. The van der Waals surface area contributed by atoms with Crippen LogP contribution in [0.25, 0.3) is 0 Å². The predicted octanol–water partition coefficient (Wildman–Crippen LogP) is 3.73. The number of aromatic nitrogens is 2. The molecule has 17 heteroatoms. The number of pyridine rings is 1. The van der Waals surface area contributed by atoms with Gasteiger partial charge in [-0.05, 0) is 44.4 Å². The van der Waals surface area contributed by atoms with Gasteiger partial charge in [0.25, 0.3) is 5.91 Å². The standard InChI is InChI=1S/C18H22N4O2S.2C2HF3O2/c1-12-11-25-17(20-12)10-22-6-4-13-7-15(24-16(13)9-22)18(23)21-14-3-2-5-19-8-14;2*3-2(4,5)1(6)7/h2-3,5,8,11,13,15-16H,4,6-7,9-10H2,1H3,(H,21,23);2*(H,6,7)/t13-,15-,16+;;/m0../s1. The number of carbonyl (C=O) groups excluding carboxylic acids is 1. The van der Waals surface area contributed by atoms with Gasteiger partial charge in [0.05, 0.1) is 24.5 Å². The number of piperidine rings is 1. The largest absolute Gasteiger partial charge is 0.490 e. The minimum Gasteiger partial charge on any atom is -0.475 e. The average Bonchev–Trinajstić information content (AvgIpc) is 3.45. The molecule has 10 nitrogen and oxygen atoms in total. The van der Waals surface area contributed by atoms with E-state index >= 15 is 0 Å². The summed E-state index contributed by atoms with van der Waals surface area (Å²) < 4.78 is 69.6. The molecule has 2 fully saturated rings. The second kappa shape index (κ2) is 13.7. The van der Waals surface area contributed by atoms with E-state index in [4.69, 9.17) is 24.5 Å². The number of carbonyl (C=O) groups is 3. The number of likely N-dealkylation sites (tertiary alicyclic amines) is 1. The molecular weight excluding hydrogens is 562 g/mol. The van der Waals surface area contributed by atoms with Gasteiger partial charge in [0.2, 0.25) is 0 Å². The van der Waals surface area contributed by atoms with Gasteiger partial charge in [0.15, 0.2) is 0 Å². The monoisotopic (exact) mass is 586 g/mol. The lowest BCUT2D eigenvalue weighted by atomic mass is 9.91. The number of carboxylic acid groups (broad SMARTS) is 2. The quantitative estimate of drug-likeness (QED) is 0.457. The SMILES string of the molecule is Cc1csc(CN2CC[C@H]3C[C@@H](C(=O)Nc4cccnc4)O[C@@H]3C2)n1.O=C(O)C(F)(F)F.O=C(O)C(F)(F)F. The van der Waals surface area contributed by atoms with Crippen molar-refractivity contribution in [1.82, 2.24) is 14.9 Å². The first kappa shape index (κ1) is 31.9. The molecule has 2 saturated heterocycles. The maximum absolute atomic E-state index is 12.4. The van der Waals surface area contributed by atoms with Gasteiger partial charge in [0, 0.05) is 23.8 Å². The molecule has 0 bridgehead atoms. The molecule has 0 saturated carbocycles. The third-order valence-corrected chi connectivity index (χ3v) is 6.32. The molecule has 1 amide bonds. The molecule has 0 radical (unpaired) electrons. The summed E-state index contributed by atoms with van der Waals surface area (Å²) in [6, 6.07) is 3.65. The van der Waals surface area contributed by atoms with E-state index in [9.17, 15) is 31.1 Å². The number of amides is 1. The molecule has 0 unspecified atom stereocenters. The van der Waals surface area contributed by atoms with E-state index < -0.39 is 24.3 Å². The molecule has 0 spiro atoms. The fourth-order valence-corrected chi connectivity index (χ4v) is 4.45. The summed E-state index contributed by atoms with van der Waals surface area (Å²) in [5, 5.41) is 20.4. The Morgan fingerprint density at radius 1 is 1.15 bits per heavy atom. The van der Waals surface area contributed by atoms with E-state index in [0.717, 1.165) is 43.2 Å². The predicted molar refractivity (Wildman–Crippen MR) is 124 cm³/mol. The first-order chi connectivity index (χ1) is 18.1. The van der Waals surface area contributed by atoms with Gasteiger partial charge in [-0.15, -0.1) is 11.3 Å². The lowest BCUT2D eigenvalue weighted by Crippen LogP contribution is -2.41. The van der Waals surface area contributed by atoms with Crippen molar-refractivity contribution in [1.29, 1.82) is 0 Å². The number of hydrogen-bond acceptors (Lipinski definition) is 8. The number of anilines is 1. The molecular formula is C22H24F6N4O6S. The van der Waals surface area contributed by atoms with Crippen molar-refractivity contribution in [3.05, 3.63) is 40.6 Å². The second-order valence-corrected chi connectivity index (χ2v) is 9.34. The Kier molecular flexibility index (Phi) is 11.2. The van der Waals surface area contributed by atoms with Crippen LogP contribution in [0.1, 0.15) is 23.5 Å². The number of aliphatic carboxylic acids is 2. The molecule has 2 aromatic rings. The van der Waals surface area contributed by atoms with Crippen LogP contribution in [0.5, 0.6) is 0 Å². The summed E-state index contributed by atoms with van der Waals surface area (Å²) in [6.45, 7) is 4.81. The maximum Gasteiger partial charge on any atom is 0.490 e. The summed E-state index contributed by atoms with van der Waals surface area (Å²) >= 11 is 1.71. The maximum atomic E-state index is 12.4. The van der Waals surface area contributed by atoms with Gasteiger partial charge in [-0.3, -0.25) is 14.7 Å². The zero-order valence-electron chi connectivity index (χ0n) is 20.2. The van der Waals surface area contributed by atoms with Crippen molar-refractivity contribution in [2.75, 3.05) is 18.4 Å². The molecule has 2 aliphatic heterocycles. The Bertz CT molecular complexity index is 1090. The lowest BCUT2D eigenvalue weighted by molar-refractivity contribution is -0.193. The topological polar surface area (TPSA) is 142 Å². The molecule has 0 aromatic carbocycles. The van der Waals surface area contributed by atoms with Gasteiger partial charge >= 0.3 is 24.3 Å². The van der Waals surface area contributed by atoms with Crippen molar-refractivity contribution < 1.29 is 55.7 Å². The van der Waals surface area contributed by atoms with Crippen LogP contribution in [0.3, 0.4) is 0 Å². The molecule has 4 rings (SSSR count). The summed E-state index contributed by atoms with van der Waals surface area (Å²) in [6.07, 6.45) is -5.17. The van der Waals surface area contributed by atoms with E-state index in [-0.39, 0.29) is 18.1 Å². The number of thiazole rings is 1. The van der Waals surface area contributed by atoms with Crippen molar-refractivity contribution in [2.24, 2.45) is 5.92 Å². The lowest BCUT2D eigenvalue weighted by Gasteiger charge is -2.33. The van der Waals surface area contributed by atoms with Gasteiger partial charge < -0.3 is 20.3 Å². The molecule has 0 aliphatic carbocycles. The minimum atomic E-state index is -5.08.